The van der Waals surface area contributed by atoms with Crippen molar-refractivity contribution in [2.75, 3.05) is 26.0 Å². The van der Waals surface area contributed by atoms with E-state index >= 15 is 0 Å². The molecule has 114 valence electrons. The Morgan fingerprint density at radius 2 is 2.10 bits per heavy atom. The van der Waals surface area contributed by atoms with Gasteiger partial charge in [-0.1, -0.05) is 42.2 Å². The Hall–Kier alpha value is -1.27. The first kappa shape index (κ1) is 16.1. The van der Waals surface area contributed by atoms with Crippen LogP contribution in [0.15, 0.2) is 24.3 Å². The highest BCUT2D eigenvalue weighted by Crippen LogP contribution is 2.18. The van der Waals surface area contributed by atoms with Crippen LogP contribution in [0.1, 0.15) is 18.4 Å². The van der Waals surface area contributed by atoms with Crippen molar-refractivity contribution < 1.29 is 9.53 Å². The van der Waals surface area contributed by atoms with E-state index in [9.17, 15) is 4.79 Å². The number of ether oxygens (including phenoxy) is 1. The van der Waals surface area contributed by atoms with E-state index in [1.165, 1.54) is 24.6 Å². The molecule has 1 saturated heterocycles. The van der Waals surface area contributed by atoms with Crippen LogP contribution in [0.25, 0.3) is 0 Å². The standard InChI is InChI=1S/C15H20N2O2S2/c1-19-13-7-3-2-6-12(13)10-16-14(18)11-21-15(20)17-8-4-5-9-17/h2-3,6-7H,4-5,8-11H2,1H3,(H,16,18). The molecule has 0 aliphatic carbocycles. The maximum absolute atomic E-state index is 11.9. The number of carbonyl (C=O) groups is 1. The molecule has 0 aromatic heterocycles. The van der Waals surface area contributed by atoms with E-state index < -0.39 is 0 Å². The quantitative estimate of drug-likeness (QED) is 0.843. The summed E-state index contributed by atoms with van der Waals surface area (Å²) in [6.07, 6.45) is 2.39. The number of methoxy groups -OCH3 is 1. The maximum atomic E-state index is 11.9. The zero-order chi connectivity index (χ0) is 15.1. The van der Waals surface area contributed by atoms with E-state index in [4.69, 9.17) is 17.0 Å². The molecule has 0 bridgehead atoms. The Morgan fingerprint density at radius 1 is 1.38 bits per heavy atom. The summed E-state index contributed by atoms with van der Waals surface area (Å²) in [5.41, 5.74) is 0.973. The first-order valence-electron chi connectivity index (χ1n) is 7.01. The van der Waals surface area contributed by atoms with Gasteiger partial charge in [-0.2, -0.15) is 0 Å². The fourth-order valence-corrected chi connectivity index (χ4v) is 3.29. The summed E-state index contributed by atoms with van der Waals surface area (Å²) in [7, 11) is 1.63. The Kier molecular flexibility index (Phi) is 6.32. The van der Waals surface area contributed by atoms with Crippen LogP contribution in [0.5, 0.6) is 5.75 Å². The summed E-state index contributed by atoms with van der Waals surface area (Å²) < 4.78 is 6.09. The van der Waals surface area contributed by atoms with Gasteiger partial charge >= 0.3 is 0 Å². The van der Waals surface area contributed by atoms with Crippen LogP contribution in [0.3, 0.4) is 0 Å². The van der Waals surface area contributed by atoms with Gasteiger partial charge in [0.15, 0.2) is 0 Å². The SMILES string of the molecule is COc1ccccc1CNC(=O)CSC(=S)N1CCCC1. The summed E-state index contributed by atoms with van der Waals surface area (Å²) in [5, 5.41) is 2.90. The molecule has 0 radical (unpaired) electrons. The van der Waals surface area contributed by atoms with Crippen molar-refractivity contribution in [2.24, 2.45) is 0 Å². The van der Waals surface area contributed by atoms with Crippen molar-refractivity contribution in [1.82, 2.24) is 10.2 Å². The molecule has 2 rings (SSSR count). The molecule has 21 heavy (non-hydrogen) atoms. The largest absolute Gasteiger partial charge is 0.496 e. The van der Waals surface area contributed by atoms with Crippen LogP contribution >= 0.6 is 24.0 Å². The Bertz CT molecular complexity index is 502. The number of thioether (sulfide) groups is 1. The highest BCUT2D eigenvalue weighted by Gasteiger charge is 2.16. The van der Waals surface area contributed by atoms with Gasteiger partial charge < -0.3 is 15.0 Å². The number of nitrogens with one attached hydrogen (secondary N) is 1. The van der Waals surface area contributed by atoms with Crippen molar-refractivity contribution in [1.29, 1.82) is 0 Å². The second kappa shape index (κ2) is 8.24. The zero-order valence-corrected chi connectivity index (χ0v) is 13.8. The lowest BCUT2D eigenvalue weighted by molar-refractivity contribution is -0.118. The molecular formula is C15H20N2O2S2. The third kappa shape index (κ3) is 4.89. The number of benzene rings is 1. The Morgan fingerprint density at radius 3 is 2.81 bits per heavy atom. The van der Waals surface area contributed by atoms with Crippen molar-refractivity contribution in [3.63, 3.8) is 0 Å². The number of nitrogens with zero attached hydrogens (tertiary/aromatic N) is 1. The lowest BCUT2D eigenvalue weighted by Gasteiger charge is -2.17. The Balaban J connectivity index is 1.73. The van der Waals surface area contributed by atoms with E-state index in [-0.39, 0.29) is 5.91 Å². The zero-order valence-electron chi connectivity index (χ0n) is 12.1. The summed E-state index contributed by atoms with van der Waals surface area (Å²) in [6, 6.07) is 7.68. The topological polar surface area (TPSA) is 41.6 Å². The maximum Gasteiger partial charge on any atom is 0.230 e. The highest BCUT2D eigenvalue weighted by atomic mass is 32.2. The fourth-order valence-electron chi connectivity index (χ4n) is 2.21. The number of para-hydroxylation sites is 1. The molecule has 1 aliphatic heterocycles. The van der Waals surface area contributed by atoms with E-state index in [1.54, 1.807) is 7.11 Å². The molecule has 0 saturated carbocycles. The Labute approximate surface area is 135 Å². The normalized spacial score (nSPS) is 14.0. The molecule has 4 nitrogen and oxygen atoms in total. The van der Waals surface area contributed by atoms with Crippen molar-refractivity contribution in [3.05, 3.63) is 29.8 Å². The smallest absolute Gasteiger partial charge is 0.230 e. The second-order valence-corrected chi connectivity index (χ2v) is 6.45. The van der Waals surface area contributed by atoms with Crippen molar-refractivity contribution in [2.45, 2.75) is 19.4 Å². The molecule has 1 aromatic carbocycles. The van der Waals surface area contributed by atoms with Crippen molar-refractivity contribution >= 4 is 34.2 Å². The average Bonchev–Trinajstić information content (AvgIpc) is 3.05. The molecule has 1 heterocycles. The monoisotopic (exact) mass is 324 g/mol. The van der Waals surface area contributed by atoms with E-state index in [2.05, 4.69) is 10.2 Å². The molecule has 6 heteroatoms. The molecule has 0 atom stereocenters. The van der Waals surface area contributed by atoms with E-state index in [1.807, 2.05) is 24.3 Å². The van der Waals surface area contributed by atoms with Crippen LogP contribution in [0.4, 0.5) is 0 Å². The predicted octanol–water partition coefficient (Wildman–Crippen LogP) is 2.43. The van der Waals surface area contributed by atoms with Gasteiger partial charge in [0.2, 0.25) is 5.91 Å². The number of likely N-dealkylation sites (tertiary alicyclic amines) is 1. The first-order chi connectivity index (χ1) is 10.2. The summed E-state index contributed by atoms with van der Waals surface area (Å²) in [4.78, 5) is 14.1. The van der Waals surface area contributed by atoms with Gasteiger partial charge in [-0.15, -0.1) is 0 Å². The minimum Gasteiger partial charge on any atom is -0.496 e. The third-order valence-electron chi connectivity index (χ3n) is 3.36. The van der Waals surface area contributed by atoms with Crippen LogP contribution in [-0.4, -0.2) is 41.1 Å². The second-order valence-electron chi connectivity index (χ2n) is 4.84. The molecule has 1 fully saturated rings. The van der Waals surface area contributed by atoms with Gasteiger partial charge in [-0.3, -0.25) is 4.79 Å². The highest BCUT2D eigenvalue weighted by molar-refractivity contribution is 8.23. The van der Waals surface area contributed by atoms with E-state index in [0.29, 0.717) is 12.3 Å². The molecule has 0 spiro atoms. The fraction of sp³-hybridized carbons (Fsp3) is 0.467. The van der Waals surface area contributed by atoms with E-state index in [0.717, 1.165) is 28.7 Å². The number of rotatable bonds is 5. The number of carbonyl (C=O) groups excluding carboxylic acids is 1. The molecular weight excluding hydrogens is 304 g/mol. The molecule has 0 unspecified atom stereocenters. The van der Waals surface area contributed by atoms with Gasteiger partial charge in [0, 0.05) is 25.2 Å². The number of thiocarbonyl (C=S) groups is 1. The molecule has 1 amide bonds. The number of hydrogen-bond donors (Lipinski definition) is 1. The first-order valence-corrected chi connectivity index (χ1v) is 8.40. The van der Waals surface area contributed by atoms with Crippen molar-refractivity contribution in [3.8, 4) is 5.75 Å². The lowest BCUT2D eigenvalue weighted by atomic mass is 10.2. The van der Waals surface area contributed by atoms with Gasteiger partial charge in [-0.05, 0) is 18.9 Å². The lowest BCUT2D eigenvalue weighted by Crippen LogP contribution is -2.28. The van der Waals surface area contributed by atoms with Crippen LogP contribution in [-0.2, 0) is 11.3 Å². The van der Waals surface area contributed by atoms with Gasteiger partial charge in [0.25, 0.3) is 0 Å². The average molecular weight is 324 g/mol. The predicted molar refractivity (Wildman–Crippen MR) is 90.7 cm³/mol. The van der Waals surface area contributed by atoms with Crippen LogP contribution < -0.4 is 10.1 Å². The molecule has 1 aliphatic rings. The van der Waals surface area contributed by atoms with Crippen LogP contribution in [0.2, 0.25) is 0 Å². The van der Waals surface area contributed by atoms with Gasteiger partial charge in [0.05, 0.1) is 12.9 Å². The number of amides is 1. The summed E-state index contributed by atoms with van der Waals surface area (Å²) >= 11 is 6.78. The number of hydrogen-bond acceptors (Lipinski definition) is 4. The van der Waals surface area contributed by atoms with Crippen LogP contribution in [0, 0.1) is 0 Å². The summed E-state index contributed by atoms with van der Waals surface area (Å²) in [5.74, 6) is 1.15. The summed E-state index contributed by atoms with van der Waals surface area (Å²) in [6.45, 7) is 2.52. The molecule has 1 N–H and O–H groups in total. The van der Waals surface area contributed by atoms with Gasteiger partial charge in [0.1, 0.15) is 10.1 Å². The minimum atomic E-state index is -0.00699. The third-order valence-corrected chi connectivity index (χ3v) is 4.88. The van der Waals surface area contributed by atoms with Gasteiger partial charge in [-0.25, -0.2) is 0 Å². The molecule has 1 aromatic rings. The minimum absolute atomic E-state index is 0.00699.